The van der Waals surface area contributed by atoms with Crippen molar-refractivity contribution in [1.82, 2.24) is 25.3 Å². The van der Waals surface area contributed by atoms with Crippen LogP contribution in [-0.4, -0.2) is 71.2 Å². The van der Waals surface area contributed by atoms with E-state index in [0.717, 1.165) is 18.7 Å². The van der Waals surface area contributed by atoms with Gasteiger partial charge in [-0.05, 0) is 36.4 Å². The van der Waals surface area contributed by atoms with Crippen LogP contribution in [0.4, 0.5) is 10.5 Å². The van der Waals surface area contributed by atoms with Crippen LogP contribution < -0.4 is 10.6 Å². The Bertz CT molecular complexity index is 1110. The Kier molecular flexibility index (Phi) is 7.49. The van der Waals surface area contributed by atoms with E-state index in [4.69, 9.17) is 23.2 Å². The monoisotopic (exact) mass is 486 g/mol. The van der Waals surface area contributed by atoms with Crippen LogP contribution in [0.25, 0.3) is 11.3 Å². The van der Waals surface area contributed by atoms with E-state index >= 15 is 0 Å². The first-order chi connectivity index (χ1) is 16.0. The second-order valence-corrected chi connectivity index (χ2v) is 8.56. The number of hydrogen-bond donors (Lipinski definition) is 3. The Labute approximate surface area is 201 Å². The van der Waals surface area contributed by atoms with Crippen molar-refractivity contribution in [3.63, 3.8) is 0 Å². The van der Waals surface area contributed by atoms with Gasteiger partial charge in [-0.25, -0.2) is 4.79 Å². The van der Waals surface area contributed by atoms with E-state index in [1.165, 1.54) is 0 Å². The number of carbonyl (C=O) groups is 2. The fraction of sp³-hybridized carbons (Fsp3) is 0.261. The van der Waals surface area contributed by atoms with Crippen LogP contribution in [0.15, 0.2) is 54.7 Å². The largest absolute Gasteiger partial charge is 0.337 e. The number of carbonyl (C=O) groups excluding carboxylic acids is 2. The van der Waals surface area contributed by atoms with Gasteiger partial charge in [0, 0.05) is 60.6 Å². The number of nitrogens with zero attached hydrogens (tertiary/aromatic N) is 3. The molecule has 1 aliphatic rings. The summed E-state index contributed by atoms with van der Waals surface area (Å²) in [6, 6.07) is 14.0. The molecule has 0 radical (unpaired) electrons. The highest BCUT2D eigenvalue weighted by atomic mass is 35.5. The molecule has 0 unspecified atom stereocenters. The molecule has 3 amide bonds. The molecule has 0 spiro atoms. The van der Waals surface area contributed by atoms with Gasteiger partial charge in [0.1, 0.15) is 0 Å². The number of aromatic amines is 1. The van der Waals surface area contributed by atoms with E-state index in [1.54, 1.807) is 42.6 Å². The third kappa shape index (κ3) is 6.04. The van der Waals surface area contributed by atoms with Gasteiger partial charge in [0.05, 0.1) is 17.5 Å². The van der Waals surface area contributed by atoms with Gasteiger partial charge < -0.3 is 15.5 Å². The molecular weight excluding hydrogens is 463 g/mol. The predicted molar refractivity (Wildman–Crippen MR) is 130 cm³/mol. The first kappa shape index (κ1) is 23.1. The maximum atomic E-state index is 13.1. The van der Waals surface area contributed by atoms with Crippen LogP contribution in [0.1, 0.15) is 10.4 Å². The molecule has 0 aliphatic carbocycles. The Balaban J connectivity index is 1.23. The fourth-order valence-electron chi connectivity index (χ4n) is 3.69. The van der Waals surface area contributed by atoms with E-state index < -0.39 is 0 Å². The molecule has 1 fully saturated rings. The fourth-order valence-corrected chi connectivity index (χ4v) is 4.01. The molecule has 1 aliphatic heterocycles. The lowest BCUT2D eigenvalue weighted by Gasteiger charge is -2.34. The van der Waals surface area contributed by atoms with Crippen molar-refractivity contribution in [2.45, 2.75) is 0 Å². The molecule has 2 aromatic carbocycles. The summed E-state index contributed by atoms with van der Waals surface area (Å²) < 4.78 is 0. The van der Waals surface area contributed by atoms with Crippen LogP contribution >= 0.6 is 23.2 Å². The standard InChI is InChI=1S/C23H24Cl2N6O2/c24-17-4-6-19(7-5-17)28-23(33)26-8-9-30-10-12-31(13-11-30)22(32)20-15-27-29-21(20)16-2-1-3-18(25)14-16/h1-7,14-15H,8-13H2,(H,27,29)(H2,26,28,33). The molecule has 4 rings (SSSR count). The predicted octanol–water partition coefficient (Wildman–Crippen LogP) is 3.96. The number of rotatable bonds is 6. The molecule has 3 N–H and O–H groups in total. The summed E-state index contributed by atoms with van der Waals surface area (Å²) in [4.78, 5) is 29.2. The topological polar surface area (TPSA) is 93.4 Å². The molecule has 2 heterocycles. The van der Waals surface area contributed by atoms with Gasteiger partial charge in [-0.3, -0.25) is 14.8 Å². The molecule has 33 heavy (non-hydrogen) atoms. The molecule has 10 heteroatoms. The van der Waals surface area contributed by atoms with E-state index in [2.05, 4.69) is 25.7 Å². The highest BCUT2D eigenvalue weighted by molar-refractivity contribution is 6.31. The number of anilines is 1. The number of halogens is 2. The smallest absolute Gasteiger partial charge is 0.319 e. The highest BCUT2D eigenvalue weighted by Gasteiger charge is 2.25. The lowest BCUT2D eigenvalue weighted by atomic mass is 10.1. The van der Waals surface area contributed by atoms with Crippen molar-refractivity contribution in [1.29, 1.82) is 0 Å². The van der Waals surface area contributed by atoms with Crippen LogP contribution in [0.3, 0.4) is 0 Å². The number of benzene rings is 2. The summed E-state index contributed by atoms with van der Waals surface area (Å²) in [6.45, 7) is 3.89. The van der Waals surface area contributed by atoms with Gasteiger partial charge in [-0.2, -0.15) is 5.10 Å². The number of hydrogen-bond acceptors (Lipinski definition) is 4. The minimum absolute atomic E-state index is 0.0566. The molecule has 172 valence electrons. The molecule has 0 bridgehead atoms. The summed E-state index contributed by atoms with van der Waals surface area (Å²) in [7, 11) is 0. The van der Waals surface area contributed by atoms with Crippen molar-refractivity contribution in [2.75, 3.05) is 44.6 Å². The van der Waals surface area contributed by atoms with Gasteiger partial charge in [0.2, 0.25) is 0 Å². The molecular formula is C23H24Cl2N6O2. The zero-order valence-electron chi connectivity index (χ0n) is 17.9. The molecule has 1 saturated heterocycles. The highest BCUT2D eigenvalue weighted by Crippen LogP contribution is 2.25. The zero-order chi connectivity index (χ0) is 23.2. The third-order valence-corrected chi connectivity index (χ3v) is 5.95. The Hall–Kier alpha value is -3.07. The summed E-state index contributed by atoms with van der Waals surface area (Å²) in [6.07, 6.45) is 1.56. The van der Waals surface area contributed by atoms with E-state index in [0.29, 0.717) is 53.2 Å². The molecule has 0 atom stereocenters. The van der Waals surface area contributed by atoms with Crippen molar-refractivity contribution < 1.29 is 9.59 Å². The van der Waals surface area contributed by atoms with Gasteiger partial charge in [-0.15, -0.1) is 0 Å². The zero-order valence-corrected chi connectivity index (χ0v) is 19.4. The number of piperazine rings is 1. The quantitative estimate of drug-likeness (QED) is 0.491. The number of amides is 3. The van der Waals surface area contributed by atoms with Crippen molar-refractivity contribution in [3.05, 3.63) is 70.3 Å². The SMILES string of the molecule is O=C(NCCN1CCN(C(=O)c2cn[nH]c2-c2cccc(Cl)c2)CC1)Nc1ccc(Cl)cc1. The van der Waals surface area contributed by atoms with E-state index in [-0.39, 0.29) is 11.9 Å². The first-order valence-corrected chi connectivity index (χ1v) is 11.4. The lowest BCUT2D eigenvalue weighted by Crippen LogP contribution is -2.50. The number of H-pyrrole nitrogens is 1. The Morgan fingerprint density at radius 1 is 1.00 bits per heavy atom. The van der Waals surface area contributed by atoms with Gasteiger partial charge in [0.15, 0.2) is 0 Å². The van der Waals surface area contributed by atoms with Gasteiger partial charge in [0.25, 0.3) is 5.91 Å². The molecule has 0 saturated carbocycles. The summed E-state index contributed by atoms with van der Waals surface area (Å²) >= 11 is 11.9. The third-order valence-electron chi connectivity index (χ3n) is 5.46. The number of aromatic nitrogens is 2. The number of nitrogens with one attached hydrogen (secondary N) is 3. The summed E-state index contributed by atoms with van der Waals surface area (Å²) in [5.41, 5.74) is 2.71. The van der Waals surface area contributed by atoms with Crippen molar-refractivity contribution in [3.8, 4) is 11.3 Å². The average molecular weight is 487 g/mol. The van der Waals surface area contributed by atoms with Gasteiger partial charge in [-0.1, -0.05) is 35.3 Å². The second kappa shape index (κ2) is 10.7. The molecule has 3 aromatic rings. The van der Waals surface area contributed by atoms with Crippen molar-refractivity contribution >= 4 is 40.8 Å². The minimum Gasteiger partial charge on any atom is -0.337 e. The first-order valence-electron chi connectivity index (χ1n) is 10.6. The Morgan fingerprint density at radius 2 is 1.76 bits per heavy atom. The lowest BCUT2D eigenvalue weighted by molar-refractivity contribution is 0.0640. The second-order valence-electron chi connectivity index (χ2n) is 7.69. The average Bonchev–Trinajstić information content (AvgIpc) is 3.31. The van der Waals surface area contributed by atoms with E-state index in [9.17, 15) is 9.59 Å². The maximum Gasteiger partial charge on any atom is 0.319 e. The van der Waals surface area contributed by atoms with Crippen molar-refractivity contribution in [2.24, 2.45) is 0 Å². The summed E-state index contributed by atoms with van der Waals surface area (Å²) in [5, 5.41) is 13.8. The number of urea groups is 1. The van der Waals surface area contributed by atoms with Crippen LogP contribution in [0.5, 0.6) is 0 Å². The van der Waals surface area contributed by atoms with Crippen LogP contribution in [-0.2, 0) is 0 Å². The van der Waals surface area contributed by atoms with Crippen LogP contribution in [0.2, 0.25) is 10.0 Å². The maximum absolute atomic E-state index is 13.1. The Morgan fingerprint density at radius 3 is 2.48 bits per heavy atom. The van der Waals surface area contributed by atoms with Gasteiger partial charge >= 0.3 is 6.03 Å². The normalized spacial score (nSPS) is 14.2. The molecule has 8 nitrogen and oxygen atoms in total. The molecule has 1 aromatic heterocycles. The minimum atomic E-state index is -0.264. The van der Waals surface area contributed by atoms with Crippen LogP contribution in [0, 0.1) is 0 Å². The summed E-state index contributed by atoms with van der Waals surface area (Å²) in [5.74, 6) is -0.0566. The van der Waals surface area contributed by atoms with E-state index in [1.807, 2.05) is 17.0 Å².